The average Bonchev–Trinajstić information content (AvgIpc) is 2.39. The van der Waals surface area contributed by atoms with Crippen molar-refractivity contribution in [3.8, 4) is 0 Å². The second kappa shape index (κ2) is 6.27. The van der Waals surface area contributed by atoms with Gasteiger partial charge in [0.1, 0.15) is 0 Å². The Bertz CT molecular complexity index is 474. The molecule has 1 aliphatic carbocycles. The van der Waals surface area contributed by atoms with Crippen molar-refractivity contribution < 1.29 is 4.79 Å². The molecule has 0 spiro atoms. The molecule has 1 amide bonds. The third kappa shape index (κ3) is 3.61. The maximum Gasteiger partial charge on any atom is 0.240 e. The van der Waals surface area contributed by atoms with Gasteiger partial charge in [0.05, 0.1) is 11.6 Å². The van der Waals surface area contributed by atoms with Crippen molar-refractivity contribution in [2.75, 3.05) is 0 Å². The van der Waals surface area contributed by atoms with Crippen LogP contribution in [0.1, 0.15) is 51.1 Å². The lowest BCUT2D eigenvalue weighted by Crippen LogP contribution is -2.56. The highest BCUT2D eigenvalue weighted by Crippen LogP contribution is 2.31. The summed E-state index contributed by atoms with van der Waals surface area (Å²) < 4.78 is 1.04. The minimum absolute atomic E-state index is 0.0144. The molecule has 20 heavy (non-hydrogen) atoms. The first kappa shape index (κ1) is 15.5. The van der Waals surface area contributed by atoms with E-state index in [0.717, 1.165) is 29.3 Å². The van der Waals surface area contributed by atoms with E-state index >= 15 is 0 Å². The summed E-state index contributed by atoms with van der Waals surface area (Å²) in [4.78, 5) is 12.5. The van der Waals surface area contributed by atoms with E-state index in [4.69, 9.17) is 5.73 Å². The Balaban J connectivity index is 2.01. The van der Waals surface area contributed by atoms with Crippen LogP contribution in [-0.4, -0.2) is 11.4 Å². The van der Waals surface area contributed by atoms with Gasteiger partial charge in [-0.05, 0) is 43.4 Å². The Kier molecular flexibility index (Phi) is 4.86. The molecule has 0 aromatic heterocycles. The highest BCUT2D eigenvalue weighted by molar-refractivity contribution is 9.10. The van der Waals surface area contributed by atoms with Gasteiger partial charge >= 0.3 is 0 Å². The zero-order valence-corrected chi connectivity index (χ0v) is 13.7. The molecule has 2 rings (SSSR count). The first-order chi connectivity index (χ1) is 9.40. The van der Waals surface area contributed by atoms with Gasteiger partial charge < -0.3 is 11.1 Å². The summed E-state index contributed by atoms with van der Waals surface area (Å²) in [6.45, 7) is 4.17. The summed E-state index contributed by atoms with van der Waals surface area (Å²) >= 11 is 3.42. The summed E-state index contributed by atoms with van der Waals surface area (Å²) in [6, 6.07) is 7.98. The normalized spacial score (nSPS) is 27.9. The minimum atomic E-state index is -0.693. The van der Waals surface area contributed by atoms with E-state index in [2.05, 4.69) is 28.2 Å². The summed E-state index contributed by atoms with van der Waals surface area (Å²) in [5.74, 6) is 0.516. The van der Waals surface area contributed by atoms with Crippen LogP contribution in [0, 0.1) is 5.92 Å². The van der Waals surface area contributed by atoms with Crippen molar-refractivity contribution in [1.82, 2.24) is 5.32 Å². The predicted molar refractivity (Wildman–Crippen MR) is 85.3 cm³/mol. The lowest BCUT2D eigenvalue weighted by molar-refractivity contribution is -0.128. The summed E-state index contributed by atoms with van der Waals surface area (Å²) in [5.41, 5.74) is 6.72. The number of halogens is 1. The highest BCUT2D eigenvalue weighted by atomic mass is 79.9. The van der Waals surface area contributed by atoms with Gasteiger partial charge in [-0.3, -0.25) is 4.79 Å². The average molecular weight is 339 g/mol. The van der Waals surface area contributed by atoms with E-state index in [1.165, 1.54) is 6.42 Å². The van der Waals surface area contributed by atoms with Crippen molar-refractivity contribution in [2.24, 2.45) is 11.7 Å². The van der Waals surface area contributed by atoms with Gasteiger partial charge in [-0.1, -0.05) is 47.8 Å². The van der Waals surface area contributed by atoms with Gasteiger partial charge in [-0.25, -0.2) is 0 Å². The monoisotopic (exact) mass is 338 g/mol. The summed E-state index contributed by atoms with van der Waals surface area (Å²) in [7, 11) is 0. The van der Waals surface area contributed by atoms with Crippen LogP contribution in [0.15, 0.2) is 28.7 Å². The fourth-order valence-corrected chi connectivity index (χ4v) is 3.24. The minimum Gasteiger partial charge on any atom is -0.348 e. The Hall–Kier alpha value is -0.870. The van der Waals surface area contributed by atoms with Crippen LogP contribution in [0.5, 0.6) is 0 Å². The molecule has 1 aliphatic rings. The molecule has 110 valence electrons. The molecule has 3 atom stereocenters. The van der Waals surface area contributed by atoms with Gasteiger partial charge in [0.25, 0.3) is 0 Å². The first-order valence-electron chi connectivity index (χ1n) is 7.26. The topological polar surface area (TPSA) is 55.1 Å². The molecule has 1 aromatic carbocycles. The molecular weight excluding hydrogens is 316 g/mol. The zero-order valence-electron chi connectivity index (χ0n) is 12.2. The fraction of sp³-hybridized carbons (Fsp3) is 0.562. The number of carbonyl (C=O) groups excluding carboxylic acids is 1. The van der Waals surface area contributed by atoms with E-state index in [0.29, 0.717) is 5.92 Å². The molecule has 0 heterocycles. The second-order valence-electron chi connectivity index (χ2n) is 6.10. The van der Waals surface area contributed by atoms with Crippen molar-refractivity contribution >= 4 is 21.8 Å². The third-order valence-corrected chi connectivity index (χ3v) is 4.73. The fourth-order valence-electron chi connectivity index (χ4n) is 2.97. The van der Waals surface area contributed by atoms with Crippen LogP contribution in [0.25, 0.3) is 0 Å². The number of hydrogen-bond donors (Lipinski definition) is 2. The van der Waals surface area contributed by atoms with Gasteiger partial charge in [0, 0.05) is 4.47 Å². The Labute approximate surface area is 129 Å². The second-order valence-corrected chi connectivity index (χ2v) is 7.02. The summed E-state index contributed by atoms with van der Waals surface area (Å²) in [5, 5.41) is 3.07. The Morgan fingerprint density at radius 2 is 2.10 bits per heavy atom. The molecule has 3 nitrogen and oxygen atoms in total. The molecule has 1 fully saturated rings. The Morgan fingerprint density at radius 1 is 1.45 bits per heavy atom. The third-order valence-electron chi connectivity index (χ3n) is 4.20. The smallest absolute Gasteiger partial charge is 0.240 e. The largest absolute Gasteiger partial charge is 0.348 e. The van der Waals surface area contributed by atoms with E-state index in [1.54, 1.807) is 0 Å². The number of nitrogens with two attached hydrogens (primary N) is 1. The standard InChI is InChI=1S/C16H23BrN2O/c1-11-4-3-9-16(18,10-11)15(20)19-12(2)13-5-7-14(17)8-6-13/h5-8,11-12H,3-4,9-10,18H2,1-2H3,(H,19,20)/t11?,12-,16?/m0/s1. The summed E-state index contributed by atoms with van der Waals surface area (Å²) in [6.07, 6.45) is 3.79. The number of rotatable bonds is 3. The molecule has 0 radical (unpaired) electrons. The number of nitrogens with one attached hydrogen (secondary N) is 1. The number of hydrogen-bond acceptors (Lipinski definition) is 2. The molecular formula is C16H23BrN2O. The van der Waals surface area contributed by atoms with E-state index < -0.39 is 5.54 Å². The van der Waals surface area contributed by atoms with E-state index in [9.17, 15) is 4.79 Å². The van der Waals surface area contributed by atoms with Crippen LogP contribution in [0.2, 0.25) is 0 Å². The van der Waals surface area contributed by atoms with Crippen LogP contribution in [0.3, 0.4) is 0 Å². The van der Waals surface area contributed by atoms with Gasteiger partial charge in [-0.2, -0.15) is 0 Å². The molecule has 4 heteroatoms. The quantitative estimate of drug-likeness (QED) is 0.885. The van der Waals surface area contributed by atoms with Crippen molar-refractivity contribution in [3.05, 3.63) is 34.3 Å². The molecule has 0 bridgehead atoms. The molecule has 1 saturated carbocycles. The number of amides is 1. The SMILES string of the molecule is CC1CCCC(N)(C(=O)N[C@@H](C)c2ccc(Br)cc2)C1. The lowest BCUT2D eigenvalue weighted by Gasteiger charge is -2.36. The van der Waals surface area contributed by atoms with Crippen molar-refractivity contribution in [2.45, 2.75) is 51.1 Å². The van der Waals surface area contributed by atoms with Gasteiger partial charge in [0.2, 0.25) is 5.91 Å². The first-order valence-corrected chi connectivity index (χ1v) is 8.05. The zero-order chi connectivity index (χ0) is 14.8. The van der Waals surface area contributed by atoms with Gasteiger partial charge in [-0.15, -0.1) is 0 Å². The van der Waals surface area contributed by atoms with Crippen LogP contribution in [-0.2, 0) is 4.79 Å². The van der Waals surface area contributed by atoms with E-state index in [-0.39, 0.29) is 11.9 Å². The van der Waals surface area contributed by atoms with E-state index in [1.807, 2.05) is 31.2 Å². The molecule has 3 N–H and O–H groups in total. The van der Waals surface area contributed by atoms with Crippen molar-refractivity contribution in [3.63, 3.8) is 0 Å². The van der Waals surface area contributed by atoms with Crippen LogP contribution >= 0.6 is 15.9 Å². The predicted octanol–water partition coefficient (Wildman–Crippen LogP) is 3.53. The molecule has 1 aromatic rings. The maximum absolute atomic E-state index is 12.5. The van der Waals surface area contributed by atoms with Crippen LogP contribution in [0.4, 0.5) is 0 Å². The highest BCUT2D eigenvalue weighted by Gasteiger charge is 2.38. The molecule has 0 saturated heterocycles. The molecule has 0 aliphatic heterocycles. The van der Waals surface area contributed by atoms with Crippen molar-refractivity contribution in [1.29, 1.82) is 0 Å². The molecule has 2 unspecified atom stereocenters. The van der Waals surface area contributed by atoms with Gasteiger partial charge in [0.15, 0.2) is 0 Å². The number of benzene rings is 1. The number of carbonyl (C=O) groups is 1. The van der Waals surface area contributed by atoms with Crippen LogP contribution < -0.4 is 11.1 Å². The Morgan fingerprint density at radius 3 is 2.70 bits per heavy atom. The maximum atomic E-state index is 12.5. The lowest BCUT2D eigenvalue weighted by atomic mass is 9.76.